The number of imidazole rings is 1. The third kappa shape index (κ3) is 4.97. The van der Waals surface area contributed by atoms with Crippen molar-refractivity contribution >= 4 is 24.0 Å². The molecule has 1 amide bonds. The molecule has 26 heavy (non-hydrogen) atoms. The smallest absolute Gasteiger partial charge is 0.225 e. The summed E-state index contributed by atoms with van der Waals surface area (Å²) in [5.41, 5.74) is 0.755. The molecule has 1 aromatic carbocycles. The number of hydrogen-bond donors (Lipinski definition) is 2. The number of aromatic nitrogens is 2. The third-order valence-corrected chi connectivity index (χ3v) is 4.49. The number of ether oxygens (including phenoxy) is 1. The van der Waals surface area contributed by atoms with E-state index in [9.17, 15) is 4.79 Å². The zero-order chi connectivity index (χ0) is 17.6. The summed E-state index contributed by atoms with van der Waals surface area (Å²) in [6, 6.07) is 7.59. The molecule has 3 rings (SSSR count). The minimum atomic E-state index is 0. The van der Waals surface area contributed by atoms with Gasteiger partial charge in [-0.25, -0.2) is 4.98 Å². The lowest BCUT2D eigenvalue weighted by Gasteiger charge is -2.35. The molecular weight excluding hydrogens is 354 g/mol. The molecule has 2 heterocycles. The molecule has 8 heteroatoms. The van der Waals surface area contributed by atoms with Crippen LogP contribution in [0.4, 0.5) is 5.69 Å². The predicted octanol–water partition coefficient (Wildman–Crippen LogP) is 1.83. The molecule has 1 atom stereocenters. The number of halogens is 1. The number of anilines is 1. The van der Waals surface area contributed by atoms with Crippen molar-refractivity contribution in [3.63, 3.8) is 0 Å². The van der Waals surface area contributed by atoms with Crippen molar-refractivity contribution in [2.75, 3.05) is 38.6 Å². The molecule has 142 valence electrons. The van der Waals surface area contributed by atoms with Crippen molar-refractivity contribution in [2.24, 2.45) is 7.05 Å². The summed E-state index contributed by atoms with van der Waals surface area (Å²) >= 11 is 0. The Kier molecular flexibility index (Phi) is 7.44. The molecule has 1 aromatic heterocycles. The lowest BCUT2D eigenvalue weighted by molar-refractivity contribution is -0.116. The number of rotatable bonds is 6. The molecule has 0 radical (unpaired) electrons. The predicted molar refractivity (Wildman–Crippen MR) is 104 cm³/mol. The molecule has 0 saturated carbocycles. The summed E-state index contributed by atoms with van der Waals surface area (Å²) in [5.74, 6) is 1.76. The van der Waals surface area contributed by atoms with Crippen LogP contribution in [-0.4, -0.2) is 53.6 Å². The van der Waals surface area contributed by atoms with Crippen molar-refractivity contribution in [2.45, 2.75) is 12.5 Å². The van der Waals surface area contributed by atoms with Gasteiger partial charge in [0.15, 0.2) is 0 Å². The van der Waals surface area contributed by atoms with Gasteiger partial charge in [-0.2, -0.15) is 0 Å². The Balaban J connectivity index is 0.00000243. The van der Waals surface area contributed by atoms with Crippen molar-refractivity contribution < 1.29 is 9.53 Å². The van der Waals surface area contributed by atoms with Crippen LogP contribution in [0, 0.1) is 0 Å². The van der Waals surface area contributed by atoms with Crippen molar-refractivity contribution in [3.05, 3.63) is 42.5 Å². The normalized spacial score (nSPS) is 17.4. The van der Waals surface area contributed by atoms with Crippen LogP contribution >= 0.6 is 12.4 Å². The first kappa shape index (κ1) is 20.2. The van der Waals surface area contributed by atoms with Gasteiger partial charge in [0.05, 0.1) is 13.2 Å². The Morgan fingerprint density at radius 1 is 1.46 bits per heavy atom. The van der Waals surface area contributed by atoms with E-state index in [0.717, 1.165) is 36.9 Å². The second kappa shape index (κ2) is 9.56. The first-order valence-corrected chi connectivity index (χ1v) is 8.53. The summed E-state index contributed by atoms with van der Waals surface area (Å²) < 4.78 is 7.23. The molecule has 2 aromatic rings. The number of nitrogens with zero attached hydrogens (tertiary/aromatic N) is 3. The molecule has 0 aliphatic carbocycles. The fraction of sp³-hybridized carbons (Fsp3) is 0.444. The fourth-order valence-electron chi connectivity index (χ4n) is 3.14. The van der Waals surface area contributed by atoms with E-state index >= 15 is 0 Å². The second-order valence-electron chi connectivity index (χ2n) is 6.18. The molecule has 0 bridgehead atoms. The Morgan fingerprint density at radius 2 is 2.31 bits per heavy atom. The van der Waals surface area contributed by atoms with E-state index in [1.54, 1.807) is 7.11 Å². The summed E-state index contributed by atoms with van der Waals surface area (Å²) in [4.78, 5) is 19.1. The van der Waals surface area contributed by atoms with E-state index in [0.29, 0.717) is 13.0 Å². The Hall–Kier alpha value is -2.09. The number of benzene rings is 1. The SMILES string of the molecule is COc1cccc(NC(=O)CCN2CCNCC2c2nccn2C)c1.Cl. The first-order chi connectivity index (χ1) is 12.2. The fourth-order valence-corrected chi connectivity index (χ4v) is 3.14. The molecule has 0 spiro atoms. The van der Waals surface area contributed by atoms with Gasteiger partial charge in [0, 0.05) is 63.8 Å². The number of carbonyl (C=O) groups excluding carboxylic acids is 1. The molecule has 1 unspecified atom stereocenters. The van der Waals surface area contributed by atoms with Crippen LogP contribution in [0.1, 0.15) is 18.3 Å². The van der Waals surface area contributed by atoms with E-state index in [4.69, 9.17) is 4.74 Å². The van der Waals surface area contributed by atoms with Crippen LogP contribution in [0.5, 0.6) is 5.75 Å². The molecule has 1 saturated heterocycles. The van der Waals surface area contributed by atoms with Crippen LogP contribution in [0.3, 0.4) is 0 Å². The molecule has 2 N–H and O–H groups in total. The Morgan fingerprint density at radius 3 is 3.04 bits per heavy atom. The van der Waals surface area contributed by atoms with Gasteiger partial charge in [-0.15, -0.1) is 12.4 Å². The zero-order valence-corrected chi connectivity index (χ0v) is 16.0. The number of nitrogens with one attached hydrogen (secondary N) is 2. The van der Waals surface area contributed by atoms with Crippen LogP contribution in [0.2, 0.25) is 0 Å². The highest BCUT2D eigenvalue weighted by Gasteiger charge is 2.26. The van der Waals surface area contributed by atoms with Gasteiger partial charge in [0.25, 0.3) is 0 Å². The minimum absolute atomic E-state index is 0. The largest absolute Gasteiger partial charge is 0.497 e. The number of aryl methyl sites for hydroxylation is 1. The van der Waals surface area contributed by atoms with Gasteiger partial charge in [-0.1, -0.05) is 6.07 Å². The zero-order valence-electron chi connectivity index (χ0n) is 15.1. The van der Waals surface area contributed by atoms with Gasteiger partial charge < -0.3 is 19.9 Å². The number of methoxy groups -OCH3 is 1. The van der Waals surface area contributed by atoms with Crippen molar-refractivity contribution in [1.82, 2.24) is 19.8 Å². The number of hydrogen-bond acceptors (Lipinski definition) is 5. The van der Waals surface area contributed by atoms with E-state index in [2.05, 4.69) is 20.5 Å². The summed E-state index contributed by atoms with van der Waals surface area (Å²) in [6.45, 7) is 3.39. The first-order valence-electron chi connectivity index (χ1n) is 8.53. The minimum Gasteiger partial charge on any atom is -0.497 e. The lowest BCUT2D eigenvalue weighted by Crippen LogP contribution is -2.47. The monoisotopic (exact) mass is 379 g/mol. The quantitative estimate of drug-likeness (QED) is 0.801. The second-order valence-corrected chi connectivity index (χ2v) is 6.18. The summed E-state index contributed by atoms with van der Waals surface area (Å²) in [5, 5.41) is 6.35. The highest BCUT2D eigenvalue weighted by molar-refractivity contribution is 5.91. The van der Waals surface area contributed by atoms with Gasteiger partial charge in [0.1, 0.15) is 11.6 Å². The van der Waals surface area contributed by atoms with Crippen molar-refractivity contribution in [3.8, 4) is 5.75 Å². The average Bonchev–Trinajstić information content (AvgIpc) is 3.06. The number of piperazine rings is 1. The number of carbonyl (C=O) groups is 1. The van der Waals surface area contributed by atoms with Gasteiger partial charge >= 0.3 is 0 Å². The lowest BCUT2D eigenvalue weighted by atomic mass is 10.1. The van der Waals surface area contributed by atoms with E-state index < -0.39 is 0 Å². The highest BCUT2D eigenvalue weighted by Crippen LogP contribution is 2.21. The molecule has 1 aliphatic heterocycles. The van der Waals surface area contributed by atoms with Crippen LogP contribution in [-0.2, 0) is 11.8 Å². The maximum atomic E-state index is 12.3. The van der Waals surface area contributed by atoms with E-state index in [1.165, 1.54) is 0 Å². The summed E-state index contributed by atoms with van der Waals surface area (Å²) in [6.07, 6.45) is 4.22. The molecule has 1 aliphatic rings. The average molecular weight is 380 g/mol. The van der Waals surface area contributed by atoms with Crippen LogP contribution in [0.15, 0.2) is 36.7 Å². The third-order valence-electron chi connectivity index (χ3n) is 4.49. The topological polar surface area (TPSA) is 71.4 Å². The summed E-state index contributed by atoms with van der Waals surface area (Å²) in [7, 11) is 3.62. The molecule has 7 nitrogen and oxygen atoms in total. The maximum Gasteiger partial charge on any atom is 0.225 e. The van der Waals surface area contributed by atoms with E-state index in [1.807, 2.05) is 48.3 Å². The Labute approximate surface area is 160 Å². The van der Waals surface area contributed by atoms with Crippen LogP contribution in [0.25, 0.3) is 0 Å². The number of amides is 1. The van der Waals surface area contributed by atoms with Gasteiger partial charge in [-0.3, -0.25) is 9.69 Å². The highest BCUT2D eigenvalue weighted by atomic mass is 35.5. The molecule has 1 fully saturated rings. The van der Waals surface area contributed by atoms with E-state index in [-0.39, 0.29) is 24.4 Å². The Bertz CT molecular complexity index is 721. The molecular formula is C18H26ClN5O2. The van der Waals surface area contributed by atoms with Crippen molar-refractivity contribution in [1.29, 1.82) is 0 Å². The maximum absolute atomic E-state index is 12.3. The standard InChI is InChI=1S/C18H25N5O2.ClH/c1-22-10-8-20-18(22)16-13-19-7-11-23(16)9-6-17(24)21-14-4-3-5-15(12-14)25-2;/h3-5,8,10,12,16,19H,6-7,9,11,13H2,1-2H3,(H,21,24);1H. The van der Waals surface area contributed by atoms with Gasteiger partial charge in [-0.05, 0) is 12.1 Å². The van der Waals surface area contributed by atoms with Gasteiger partial charge in [0.2, 0.25) is 5.91 Å². The van der Waals surface area contributed by atoms with Crippen LogP contribution < -0.4 is 15.4 Å².